The summed E-state index contributed by atoms with van der Waals surface area (Å²) >= 11 is 0. The van der Waals surface area contributed by atoms with Crippen molar-refractivity contribution in [1.29, 1.82) is 0 Å². The lowest BCUT2D eigenvalue weighted by Gasteiger charge is -2.32. The van der Waals surface area contributed by atoms with Gasteiger partial charge in [0.2, 0.25) is 5.91 Å². The molecule has 2 heterocycles. The van der Waals surface area contributed by atoms with Crippen LogP contribution >= 0.6 is 0 Å². The first-order valence-corrected chi connectivity index (χ1v) is 8.81. The number of nitrogens with zero attached hydrogens (tertiary/aromatic N) is 2. The van der Waals surface area contributed by atoms with Crippen molar-refractivity contribution in [3.8, 4) is 0 Å². The van der Waals surface area contributed by atoms with Crippen molar-refractivity contribution in [2.24, 2.45) is 0 Å². The molecule has 0 spiro atoms. The molecule has 0 saturated carbocycles. The van der Waals surface area contributed by atoms with E-state index in [1.165, 1.54) is 0 Å². The Morgan fingerprint density at radius 3 is 3.00 bits per heavy atom. The molecule has 6 heteroatoms. The van der Waals surface area contributed by atoms with Gasteiger partial charge in [-0.05, 0) is 24.5 Å². The van der Waals surface area contributed by atoms with Crippen LogP contribution in [-0.2, 0) is 27.4 Å². The van der Waals surface area contributed by atoms with E-state index in [1.807, 2.05) is 47.3 Å². The van der Waals surface area contributed by atoms with Crippen LogP contribution in [0.3, 0.4) is 0 Å². The highest BCUT2D eigenvalue weighted by molar-refractivity contribution is 5.76. The summed E-state index contributed by atoms with van der Waals surface area (Å²) < 4.78 is 13.4. The predicted octanol–water partition coefficient (Wildman–Crippen LogP) is 2.15. The zero-order valence-electron chi connectivity index (χ0n) is 14.3. The number of benzene rings is 1. The van der Waals surface area contributed by atoms with Gasteiger partial charge in [-0.2, -0.15) is 5.10 Å². The molecule has 1 aromatic heterocycles. The van der Waals surface area contributed by atoms with Crippen molar-refractivity contribution >= 4 is 5.91 Å². The third-order valence-electron chi connectivity index (χ3n) is 4.30. The molecule has 0 bridgehead atoms. The first kappa shape index (κ1) is 17.6. The quantitative estimate of drug-likeness (QED) is 0.798. The summed E-state index contributed by atoms with van der Waals surface area (Å²) in [5.74, 6) is 0.0379. The highest BCUT2D eigenvalue weighted by Crippen LogP contribution is 2.15. The van der Waals surface area contributed by atoms with Gasteiger partial charge in [-0.15, -0.1) is 0 Å². The van der Waals surface area contributed by atoms with Crippen LogP contribution in [0.15, 0.2) is 48.8 Å². The molecule has 1 fully saturated rings. The van der Waals surface area contributed by atoms with Crippen molar-refractivity contribution < 1.29 is 14.3 Å². The van der Waals surface area contributed by atoms with Gasteiger partial charge in [0, 0.05) is 32.0 Å². The number of aromatic nitrogens is 2. The Bertz CT molecular complexity index is 631. The summed E-state index contributed by atoms with van der Waals surface area (Å²) in [6.07, 6.45) is 5.67. The van der Waals surface area contributed by atoms with E-state index < -0.39 is 0 Å². The van der Waals surface area contributed by atoms with Crippen LogP contribution in [0.2, 0.25) is 0 Å². The fraction of sp³-hybridized carbons (Fsp3) is 0.474. The third-order valence-corrected chi connectivity index (χ3v) is 4.30. The van der Waals surface area contributed by atoms with Gasteiger partial charge in [0.25, 0.3) is 0 Å². The molecular weight excluding hydrogens is 318 g/mol. The maximum Gasteiger partial charge on any atom is 0.220 e. The summed E-state index contributed by atoms with van der Waals surface area (Å²) in [6, 6.07) is 11.9. The normalized spacial score (nSPS) is 20.3. The third kappa shape index (κ3) is 5.69. The Balaban J connectivity index is 1.42. The van der Waals surface area contributed by atoms with Crippen molar-refractivity contribution in [3.05, 3.63) is 54.4 Å². The van der Waals surface area contributed by atoms with Crippen LogP contribution in [0, 0.1) is 0 Å². The second-order valence-corrected chi connectivity index (χ2v) is 6.25. The summed E-state index contributed by atoms with van der Waals surface area (Å²) in [7, 11) is 0. The summed E-state index contributed by atoms with van der Waals surface area (Å²) in [5.41, 5.74) is 1.14. The number of aryl methyl sites for hydroxylation is 1. The van der Waals surface area contributed by atoms with Crippen LogP contribution in [0.1, 0.15) is 24.8 Å². The molecule has 0 unspecified atom stereocenters. The van der Waals surface area contributed by atoms with E-state index in [9.17, 15) is 4.79 Å². The average Bonchev–Trinajstić information content (AvgIpc) is 3.15. The van der Waals surface area contributed by atoms with Gasteiger partial charge in [-0.3, -0.25) is 9.48 Å². The predicted molar refractivity (Wildman–Crippen MR) is 93.8 cm³/mol. The number of nitrogens with one attached hydrogen (secondary N) is 1. The molecular formula is C19H25N3O3. The van der Waals surface area contributed by atoms with Crippen LogP contribution in [-0.4, -0.2) is 41.0 Å². The lowest BCUT2D eigenvalue weighted by Crippen LogP contribution is -2.50. The van der Waals surface area contributed by atoms with E-state index >= 15 is 0 Å². The number of ether oxygens (including phenoxy) is 2. The van der Waals surface area contributed by atoms with Crippen LogP contribution < -0.4 is 5.32 Å². The molecule has 1 aliphatic heterocycles. The summed E-state index contributed by atoms with van der Waals surface area (Å²) in [6.45, 7) is 2.47. The molecule has 2 atom stereocenters. The SMILES string of the molecule is O=C(CCCn1cccn1)N[C@@H]1COCC[C@@H]1OCc1ccccc1. The second kappa shape index (κ2) is 9.34. The largest absolute Gasteiger partial charge is 0.379 e. The number of carbonyl (C=O) groups is 1. The second-order valence-electron chi connectivity index (χ2n) is 6.25. The molecule has 3 rings (SSSR count). The molecule has 1 aromatic carbocycles. The molecule has 2 aromatic rings. The van der Waals surface area contributed by atoms with Gasteiger partial charge in [0.05, 0.1) is 25.4 Å². The Labute approximate surface area is 148 Å². The molecule has 0 radical (unpaired) electrons. The number of rotatable bonds is 8. The van der Waals surface area contributed by atoms with Gasteiger partial charge in [0.1, 0.15) is 0 Å². The van der Waals surface area contributed by atoms with Crippen molar-refractivity contribution in [2.45, 2.75) is 44.6 Å². The first-order valence-electron chi connectivity index (χ1n) is 8.81. The van der Waals surface area contributed by atoms with E-state index in [0.717, 1.165) is 24.9 Å². The fourth-order valence-electron chi connectivity index (χ4n) is 2.94. The smallest absolute Gasteiger partial charge is 0.220 e. The average molecular weight is 343 g/mol. The molecule has 25 heavy (non-hydrogen) atoms. The molecule has 134 valence electrons. The monoisotopic (exact) mass is 343 g/mol. The molecule has 6 nitrogen and oxygen atoms in total. The molecule has 1 saturated heterocycles. The van der Waals surface area contributed by atoms with Crippen molar-refractivity contribution in [1.82, 2.24) is 15.1 Å². The zero-order chi connectivity index (χ0) is 17.3. The van der Waals surface area contributed by atoms with Crippen molar-refractivity contribution in [3.63, 3.8) is 0 Å². The lowest BCUT2D eigenvalue weighted by atomic mass is 10.1. The van der Waals surface area contributed by atoms with E-state index in [0.29, 0.717) is 26.2 Å². The zero-order valence-corrected chi connectivity index (χ0v) is 14.3. The Morgan fingerprint density at radius 2 is 2.20 bits per heavy atom. The van der Waals surface area contributed by atoms with E-state index in [4.69, 9.17) is 9.47 Å². The molecule has 1 amide bonds. The maximum atomic E-state index is 12.2. The minimum atomic E-state index is -0.0883. The Kier molecular flexibility index (Phi) is 6.59. The fourth-order valence-corrected chi connectivity index (χ4v) is 2.94. The minimum absolute atomic E-state index is 0.0102. The highest BCUT2D eigenvalue weighted by atomic mass is 16.5. The maximum absolute atomic E-state index is 12.2. The van der Waals surface area contributed by atoms with Crippen LogP contribution in [0.25, 0.3) is 0 Å². The topological polar surface area (TPSA) is 65.4 Å². The first-order chi connectivity index (χ1) is 12.3. The van der Waals surface area contributed by atoms with Crippen molar-refractivity contribution in [2.75, 3.05) is 13.2 Å². The van der Waals surface area contributed by atoms with Gasteiger partial charge in [-0.1, -0.05) is 30.3 Å². The van der Waals surface area contributed by atoms with Crippen LogP contribution in [0.5, 0.6) is 0 Å². The summed E-state index contributed by atoms with van der Waals surface area (Å²) in [5, 5.41) is 7.21. The van der Waals surface area contributed by atoms with Gasteiger partial charge in [0.15, 0.2) is 0 Å². The van der Waals surface area contributed by atoms with E-state index in [2.05, 4.69) is 10.4 Å². The molecule has 0 aliphatic carbocycles. The van der Waals surface area contributed by atoms with E-state index in [-0.39, 0.29) is 18.1 Å². The highest BCUT2D eigenvalue weighted by Gasteiger charge is 2.27. The summed E-state index contributed by atoms with van der Waals surface area (Å²) in [4.78, 5) is 12.2. The van der Waals surface area contributed by atoms with Crippen LogP contribution in [0.4, 0.5) is 0 Å². The van der Waals surface area contributed by atoms with Gasteiger partial charge >= 0.3 is 0 Å². The van der Waals surface area contributed by atoms with Gasteiger partial charge < -0.3 is 14.8 Å². The number of hydrogen-bond acceptors (Lipinski definition) is 4. The van der Waals surface area contributed by atoms with E-state index in [1.54, 1.807) is 6.20 Å². The minimum Gasteiger partial charge on any atom is -0.379 e. The number of amides is 1. The lowest BCUT2D eigenvalue weighted by molar-refractivity contribution is -0.126. The molecule has 1 aliphatic rings. The molecule has 1 N–H and O–H groups in total. The van der Waals surface area contributed by atoms with Gasteiger partial charge in [-0.25, -0.2) is 0 Å². The standard InChI is InChI=1S/C19H25N3O3/c23-19(8-4-11-22-12-5-10-20-22)21-17-15-24-13-9-18(17)25-14-16-6-2-1-3-7-16/h1-3,5-7,10,12,17-18H,4,8-9,11,13-15H2,(H,21,23)/t17-,18+/m1/s1. The Hall–Kier alpha value is -2.18. The number of hydrogen-bond donors (Lipinski definition) is 1. The number of carbonyl (C=O) groups excluding carboxylic acids is 1. The Morgan fingerprint density at radius 1 is 1.32 bits per heavy atom.